The van der Waals surface area contributed by atoms with E-state index in [-0.39, 0.29) is 0 Å². The first kappa shape index (κ1) is 15.3. The lowest BCUT2D eigenvalue weighted by Gasteiger charge is -2.17. The fourth-order valence-electron chi connectivity index (χ4n) is 2.26. The lowest BCUT2D eigenvalue weighted by molar-refractivity contribution is 0.506. The molecule has 1 unspecified atom stereocenters. The first-order chi connectivity index (χ1) is 9.60. The monoisotopic (exact) mass is 335 g/mol. The van der Waals surface area contributed by atoms with Gasteiger partial charge in [-0.15, -0.1) is 0 Å². The Kier molecular flexibility index (Phi) is 5.38. The van der Waals surface area contributed by atoms with Crippen molar-refractivity contribution in [2.75, 3.05) is 6.54 Å². The second-order valence-corrected chi connectivity index (χ2v) is 6.17. The van der Waals surface area contributed by atoms with Crippen molar-refractivity contribution in [3.8, 4) is 0 Å². The van der Waals surface area contributed by atoms with E-state index in [1.54, 1.807) is 0 Å². The van der Waals surface area contributed by atoms with Gasteiger partial charge in [-0.1, -0.05) is 35.0 Å². The van der Waals surface area contributed by atoms with Crippen molar-refractivity contribution >= 4 is 15.9 Å². The van der Waals surface area contributed by atoms with Gasteiger partial charge < -0.3 is 5.32 Å². The fraction of sp³-hybridized carbons (Fsp3) is 0.438. The van der Waals surface area contributed by atoms with E-state index in [4.69, 9.17) is 0 Å². The van der Waals surface area contributed by atoms with E-state index in [0.29, 0.717) is 12.1 Å². The number of nitrogens with zero attached hydrogens (tertiary/aromatic N) is 2. The maximum Gasteiger partial charge on any atom is 0.0643 e. The van der Waals surface area contributed by atoms with Crippen molar-refractivity contribution in [2.45, 2.75) is 39.3 Å². The highest BCUT2D eigenvalue weighted by Gasteiger charge is 2.13. The van der Waals surface area contributed by atoms with Gasteiger partial charge in [0.25, 0.3) is 0 Å². The van der Waals surface area contributed by atoms with Crippen LogP contribution >= 0.6 is 15.9 Å². The Balaban J connectivity index is 2.16. The molecule has 0 radical (unpaired) electrons. The van der Waals surface area contributed by atoms with Crippen LogP contribution in [0.1, 0.15) is 44.1 Å². The molecule has 0 fully saturated rings. The Hall–Kier alpha value is -1.13. The van der Waals surface area contributed by atoms with Gasteiger partial charge in [-0.05, 0) is 44.2 Å². The molecule has 3 nitrogen and oxygen atoms in total. The van der Waals surface area contributed by atoms with Gasteiger partial charge in [0.2, 0.25) is 0 Å². The van der Waals surface area contributed by atoms with E-state index in [2.05, 4.69) is 83.6 Å². The third kappa shape index (κ3) is 3.93. The van der Waals surface area contributed by atoms with Crippen LogP contribution in [-0.2, 0) is 6.42 Å². The van der Waals surface area contributed by atoms with Crippen molar-refractivity contribution in [3.05, 3.63) is 52.3 Å². The van der Waals surface area contributed by atoms with Crippen LogP contribution in [0.5, 0.6) is 0 Å². The molecule has 2 rings (SSSR count). The maximum absolute atomic E-state index is 4.64. The molecule has 0 aliphatic carbocycles. The molecule has 0 aliphatic rings. The summed E-state index contributed by atoms with van der Waals surface area (Å²) in [4.78, 5) is 0. The smallest absolute Gasteiger partial charge is 0.0643 e. The van der Waals surface area contributed by atoms with Gasteiger partial charge in [0.05, 0.1) is 5.69 Å². The molecular formula is C16H22BrN3. The molecule has 1 aromatic carbocycles. The van der Waals surface area contributed by atoms with Gasteiger partial charge >= 0.3 is 0 Å². The highest BCUT2D eigenvalue weighted by molar-refractivity contribution is 9.10. The Labute approximate surface area is 129 Å². The van der Waals surface area contributed by atoms with Crippen molar-refractivity contribution in [3.63, 3.8) is 0 Å². The number of rotatable bonds is 6. The topological polar surface area (TPSA) is 29.9 Å². The van der Waals surface area contributed by atoms with Crippen molar-refractivity contribution in [2.24, 2.45) is 0 Å². The second-order valence-electron chi connectivity index (χ2n) is 5.25. The molecule has 0 saturated carbocycles. The molecule has 0 spiro atoms. The second kappa shape index (κ2) is 7.04. The third-order valence-corrected chi connectivity index (χ3v) is 3.80. The van der Waals surface area contributed by atoms with E-state index in [1.165, 1.54) is 5.56 Å². The van der Waals surface area contributed by atoms with Crippen LogP contribution in [0.3, 0.4) is 0 Å². The molecule has 108 valence electrons. The zero-order valence-electron chi connectivity index (χ0n) is 12.3. The van der Waals surface area contributed by atoms with Gasteiger partial charge in [0.1, 0.15) is 0 Å². The molecule has 20 heavy (non-hydrogen) atoms. The van der Waals surface area contributed by atoms with Crippen LogP contribution < -0.4 is 5.32 Å². The summed E-state index contributed by atoms with van der Waals surface area (Å²) in [5.74, 6) is 0. The van der Waals surface area contributed by atoms with E-state index in [9.17, 15) is 0 Å². The first-order valence-electron chi connectivity index (χ1n) is 7.13. The number of likely N-dealkylation sites (N-methyl/N-ethyl adjacent to an activating group) is 1. The lowest BCUT2D eigenvalue weighted by atomic mass is 10.0. The minimum Gasteiger partial charge on any atom is -0.310 e. The number of nitrogens with one attached hydrogen (secondary N) is 1. The van der Waals surface area contributed by atoms with Gasteiger partial charge in [-0.25, -0.2) is 0 Å². The Morgan fingerprint density at radius 2 is 2.10 bits per heavy atom. The predicted molar refractivity (Wildman–Crippen MR) is 86.9 cm³/mol. The Bertz CT molecular complexity index is 548. The number of halogens is 1. The minimum atomic E-state index is 0.299. The molecule has 4 heteroatoms. The van der Waals surface area contributed by atoms with E-state index >= 15 is 0 Å². The van der Waals surface area contributed by atoms with Gasteiger partial charge in [0.15, 0.2) is 0 Å². The predicted octanol–water partition coefficient (Wildman–Crippen LogP) is 4.12. The molecule has 0 saturated heterocycles. The Morgan fingerprint density at radius 1 is 1.30 bits per heavy atom. The van der Waals surface area contributed by atoms with Crippen LogP contribution in [0.2, 0.25) is 0 Å². The van der Waals surface area contributed by atoms with Crippen molar-refractivity contribution in [1.29, 1.82) is 0 Å². The van der Waals surface area contributed by atoms with E-state index in [0.717, 1.165) is 23.1 Å². The van der Waals surface area contributed by atoms with Crippen LogP contribution in [-0.4, -0.2) is 16.3 Å². The molecule has 0 aliphatic heterocycles. The number of hydrogen-bond donors (Lipinski definition) is 1. The van der Waals surface area contributed by atoms with Gasteiger partial charge in [0, 0.05) is 29.2 Å². The largest absolute Gasteiger partial charge is 0.310 e. The normalized spacial score (nSPS) is 12.8. The van der Waals surface area contributed by atoms with E-state index < -0.39 is 0 Å². The zero-order chi connectivity index (χ0) is 14.5. The maximum atomic E-state index is 4.64. The molecule has 2 aromatic rings. The number of benzene rings is 1. The van der Waals surface area contributed by atoms with Crippen LogP contribution in [0.25, 0.3) is 0 Å². The molecule has 1 heterocycles. The zero-order valence-corrected chi connectivity index (χ0v) is 13.9. The summed E-state index contributed by atoms with van der Waals surface area (Å²) >= 11 is 3.54. The van der Waals surface area contributed by atoms with Crippen LogP contribution in [0.15, 0.2) is 41.0 Å². The lowest BCUT2D eigenvalue weighted by Crippen LogP contribution is -2.23. The highest BCUT2D eigenvalue weighted by atomic mass is 79.9. The molecule has 1 atom stereocenters. The summed E-state index contributed by atoms with van der Waals surface area (Å²) in [6.07, 6.45) is 2.97. The summed E-state index contributed by atoms with van der Waals surface area (Å²) in [5, 5.41) is 8.19. The average molecular weight is 336 g/mol. The van der Waals surface area contributed by atoms with Crippen molar-refractivity contribution < 1.29 is 0 Å². The van der Waals surface area contributed by atoms with Crippen LogP contribution in [0.4, 0.5) is 0 Å². The summed E-state index contributed by atoms with van der Waals surface area (Å²) in [6, 6.07) is 11.3. The third-order valence-electron chi connectivity index (χ3n) is 3.31. The van der Waals surface area contributed by atoms with E-state index in [1.807, 2.05) is 4.68 Å². The quantitative estimate of drug-likeness (QED) is 0.860. The fourth-order valence-corrected chi connectivity index (χ4v) is 2.68. The molecule has 1 aromatic heterocycles. The number of aromatic nitrogens is 2. The van der Waals surface area contributed by atoms with Gasteiger partial charge in [-0.2, -0.15) is 5.10 Å². The molecule has 0 amide bonds. The average Bonchev–Trinajstić information content (AvgIpc) is 2.87. The van der Waals surface area contributed by atoms with Crippen LogP contribution in [0, 0.1) is 0 Å². The summed E-state index contributed by atoms with van der Waals surface area (Å²) < 4.78 is 3.13. The molecular weight excluding hydrogens is 314 g/mol. The SMILES string of the molecule is CCNC(Cc1ccn(C(C)C)n1)c1cccc(Br)c1. The first-order valence-corrected chi connectivity index (χ1v) is 7.92. The summed E-state index contributed by atoms with van der Waals surface area (Å²) in [5.41, 5.74) is 2.42. The summed E-state index contributed by atoms with van der Waals surface area (Å²) in [7, 11) is 0. The standard InChI is InChI=1S/C16H22BrN3/c1-4-18-16(13-6-5-7-14(17)10-13)11-15-8-9-20(19-15)12(2)3/h5-10,12,16,18H,4,11H2,1-3H3. The Morgan fingerprint density at radius 3 is 2.70 bits per heavy atom. The molecule has 0 bridgehead atoms. The van der Waals surface area contributed by atoms with Gasteiger partial charge in [-0.3, -0.25) is 4.68 Å². The summed E-state index contributed by atoms with van der Waals surface area (Å²) in [6.45, 7) is 7.37. The number of hydrogen-bond acceptors (Lipinski definition) is 2. The highest BCUT2D eigenvalue weighted by Crippen LogP contribution is 2.21. The molecule has 1 N–H and O–H groups in total. The minimum absolute atomic E-state index is 0.299. The van der Waals surface area contributed by atoms with Crippen molar-refractivity contribution in [1.82, 2.24) is 15.1 Å².